The van der Waals surface area contributed by atoms with E-state index in [9.17, 15) is 0 Å². The zero-order valence-corrected chi connectivity index (χ0v) is 8.96. The lowest BCUT2D eigenvalue weighted by Gasteiger charge is -2.00. The van der Waals surface area contributed by atoms with Crippen molar-refractivity contribution in [2.45, 2.75) is 12.8 Å². The highest BCUT2D eigenvalue weighted by Gasteiger charge is 2.08. The molecule has 6 heteroatoms. The number of fused-ring (bicyclic) bond motifs is 1. The maximum atomic E-state index is 8.45. The van der Waals surface area contributed by atoms with E-state index in [0.717, 1.165) is 17.0 Å². The topological polar surface area (TPSA) is 89.3 Å². The fraction of sp³-hybridized carbons (Fsp3) is 0.300. The van der Waals surface area contributed by atoms with Gasteiger partial charge >= 0.3 is 0 Å². The van der Waals surface area contributed by atoms with E-state index in [1.807, 2.05) is 23.7 Å². The fourth-order valence-corrected chi connectivity index (χ4v) is 1.59. The molecule has 0 unspecified atom stereocenters. The number of amidine groups is 1. The SMILES string of the molecule is Cn1c(CC/C(N)=N\O)nc2ncccc21. The van der Waals surface area contributed by atoms with Gasteiger partial charge in [0, 0.05) is 26.1 Å². The van der Waals surface area contributed by atoms with Crippen molar-refractivity contribution >= 4 is 17.0 Å². The quantitative estimate of drug-likeness (QED) is 0.343. The molecule has 0 spiro atoms. The highest BCUT2D eigenvalue weighted by molar-refractivity contribution is 5.80. The third kappa shape index (κ3) is 1.81. The van der Waals surface area contributed by atoms with Crippen molar-refractivity contribution in [2.24, 2.45) is 17.9 Å². The first-order valence-corrected chi connectivity index (χ1v) is 4.95. The average molecular weight is 219 g/mol. The second kappa shape index (κ2) is 4.18. The minimum Gasteiger partial charge on any atom is -0.409 e. The van der Waals surface area contributed by atoms with Gasteiger partial charge in [-0.25, -0.2) is 9.97 Å². The van der Waals surface area contributed by atoms with Crippen LogP contribution in [0.1, 0.15) is 12.2 Å². The number of hydrogen-bond donors (Lipinski definition) is 2. The molecule has 0 atom stereocenters. The Balaban J connectivity index is 2.28. The maximum Gasteiger partial charge on any atom is 0.177 e. The molecule has 2 heterocycles. The smallest absolute Gasteiger partial charge is 0.177 e. The van der Waals surface area contributed by atoms with Gasteiger partial charge in [-0.3, -0.25) is 0 Å². The summed E-state index contributed by atoms with van der Waals surface area (Å²) in [5.74, 6) is 1.08. The Morgan fingerprint density at radius 3 is 3.12 bits per heavy atom. The molecule has 0 amide bonds. The van der Waals surface area contributed by atoms with Crippen LogP contribution in [0.2, 0.25) is 0 Å². The molecule has 6 nitrogen and oxygen atoms in total. The van der Waals surface area contributed by atoms with Crippen LogP contribution in [0.4, 0.5) is 0 Å². The largest absolute Gasteiger partial charge is 0.409 e. The monoisotopic (exact) mass is 219 g/mol. The number of nitrogens with two attached hydrogens (primary N) is 1. The number of rotatable bonds is 3. The van der Waals surface area contributed by atoms with Crippen LogP contribution < -0.4 is 5.73 Å². The van der Waals surface area contributed by atoms with Crippen molar-refractivity contribution in [2.75, 3.05) is 0 Å². The predicted molar refractivity (Wildman–Crippen MR) is 60.2 cm³/mol. The Morgan fingerprint density at radius 1 is 1.62 bits per heavy atom. The van der Waals surface area contributed by atoms with E-state index in [1.165, 1.54) is 0 Å². The van der Waals surface area contributed by atoms with Crippen LogP contribution in [-0.2, 0) is 13.5 Å². The van der Waals surface area contributed by atoms with Gasteiger partial charge in [0.05, 0.1) is 5.52 Å². The van der Waals surface area contributed by atoms with Crippen molar-refractivity contribution in [3.8, 4) is 0 Å². The number of aromatic nitrogens is 3. The minimum absolute atomic E-state index is 0.208. The number of aryl methyl sites for hydroxylation is 2. The normalized spacial score (nSPS) is 12.2. The lowest BCUT2D eigenvalue weighted by Crippen LogP contribution is -2.13. The molecule has 0 aliphatic carbocycles. The van der Waals surface area contributed by atoms with Gasteiger partial charge in [-0.2, -0.15) is 0 Å². The van der Waals surface area contributed by atoms with Crippen LogP contribution >= 0.6 is 0 Å². The van der Waals surface area contributed by atoms with Crippen LogP contribution in [0.5, 0.6) is 0 Å². The van der Waals surface area contributed by atoms with Crippen LogP contribution in [0.15, 0.2) is 23.5 Å². The predicted octanol–water partition coefficient (Wildman–Crippen LogP) is 0.647. The van der Waals surface area contributed by atoms with E-state index in [0.29, 0.717) is 12.8 Å². The number of hydrogen-bond acceptors (Lipinski definition) is 4. The van der Waals surface area contributed by atoms with Crippen molar-refractivity contribution in [3.63, 3.8) is 0 Å². The van der Waals surface area contributed by atoms with Crippen molar-refractivity contribution in [1.29, 1.82) is 0 Å². The van der Waals surface area contributed by atoms with E-state index < -0.39 is 0 Å². The zero-order valence-electron chi connectivity index (χ0n) is 8.96. The third-order valence-electron chi connectivity index (χ3n) is 2.48. The summed E-state index contributed by atoms with van der Waals surface area (Å²) in [5.41, 5.74) is 7.12. The molecule has 2 aromatic rings. The molecule has 0 saturated heterocycles. The fourth-order valence-electron chi connectivity index (χ4n) is 1.59. The highest BCUT2D eigenvalue weighted by atomic mass is 16.4. The number of nitrogens with zero attached hydrogens (tertiary/aromatic N) is 4. The summed E-state index contributed by atoms with van der Waals surface area (Å²) in [5, 5.41) is 11.4. The van der Waals surface area contributed by atoms with E-state index >= 15 is 0 Å². The van der Waals surface area contributed by atoms with Gasteiger partial charge in [-0.15, -0.1) is 0 Å². The summed E-state index contributed by atoms with van der Waals surface area (Å²) in [6, 6.07) is 3.83. The van der Waals surface area contributed by atoms with Crippen LogP contribution in [0.3, 0.4) is 0 Å². The zero-order chi connectivity index (χ0) is 11.5. The molecular weight excluding hydrogens is 206 g/mol. The summed E-state index contributed by atoms with van der Waals surface area (Å²) >= 11 is 0. The summed E-state index contributed by atoms with van der Waals surface area (Å²) in [4.78, 5) is 8.55. The Labute approximate surface area is 92.4 Å². The molecule has 0 aliphatic heterocycles. The van der Waals surface area contributed by atoms with Gasteiger partial charge in [-0.05, 0) is 12.1 Å². The Hall–Kier alpha value is -2.11. The molecule has 84 valence electrons. The van der Waals surface area contributed by atoms with Crippen LogP contribution in [0.25, 0.3) is 11.2 Å². The average Bonchev–Trinajstić information content (AvgIpc) is 2.64. The first kappa shape index (κ1) is 10.4. The summed E-state index contributed by atoms with van der Waals surface area (Å²) in [6.45, 7) is 0. The highest BCUT2D eigenvalue weighted by Crippen LogP contribution is 2.12. The lowest BCUT2D eigenvalue weighted by molar-refractivity contribution is 0.317. The molecular formula is C10H13N5O. The molecule has 2 aromatic heterocycles. The molecule has 2 rings (SSSR count). The van der Waals surface area contributed by atoms with Gasteiger partial charge in [0.15, 0.2) is 5.65 Å². The minimum atomic E-state index is 0.208. The number of oxime groups is 1. The summed E-state index contributed by atoms with van der Waals surface area (Å²) in [6.07, 6.45) is 2.82. The molecule has 3 N–H and O–H groups in total. The Kier molecular flexibility index (Phi) is 2.72. The third-order valence-corrected chi connectivity index (χ3v) is 2.48. The van der Waals surface area contributed by atoms with Crippen molar-refractivity contribution in [3.05, 3.63) is 24.2 Å². The Morgan fingerprint density at radius 2 is 2.44 bits per heavy atom. The first-order chi connectivity index (χ1) is 7.72. The second-order valence-electron chi connectivity index (χ2n) is 3.52. The van der Waals surface area contributed by atoms with Gasteiger partial charge in [0.25, 0.3) is 0 Å². The van der Waals surface area contributed by atoms with E-state index in [-0.39, 0.29) is 5.84 Å². The van der Waals surface area contributed by atoms with Crippen LogP contribution in [0, 0.1) is 0 Å². The molecule has 16 heavy (non-hydrogen) atoms. The van der Waals surface area contributed by atoms with E-state index in [4.69, 9.17) is 10.9 Å². The van der Waals surface area contributed by atoms with Crippen molar-refractivity contribution in [1.82, 2.24) is 14.5 Å². The Bertz CT molecular complexity index is 531. The molecule has 0 saturated carbocycles. The van der Waals surface area contributed by atoms with Gasteiger partial charge in [0.2, 0.25) is 0 Å². The standard InChI is InChI=1S/C10H13N5O/c1-15-7-3-2-6-12-10(7)13-9(15)5-4-8(11)14-16/h2-3,6,16H,4-5H2,1H3,(H2,11,14). The molecule has 0 fully saturated rings. The van der Waals surface area contributed by atoms with Crippen LogP contribution in [-0.4, -0.2) is 25.6 Å². The first-order valence-electron chi connectivity index (χ1n) is 4.95. The molecule has 0 radical (unpaired) electrons. The maximum absolute atomic E-state index is 8.45. The van der Waals surface area contributed by atoms with Gasteiger partial charge in [-0.1, -0.05) is 5.16 Å². The van der Waals surface area contributed by atoms with Crippen molar-refractivity contribution < 1.29 is 5.21 Å². The summed E-state index contributed by atoms with van der Waals surface area (Å²) in [7, 11) is 1.93. The number of imidazole rings is 1. The van der Waals surface area contributed by atoms with Gasteiger partial charge in [0.1, 0.15) is 11.7 Å². The molecule has 0 bridgehead atoms. The van der Waals surface area contributed by atoms with E-state index in [1.54, 1.807) is 6.20 Å². The van der Waals surface area contributed by atoms with E-state index in [2.05, 4.69) is 15.1 Å². The summed E-state index contributed by atoms with van der Waals surface area (Å²) < 4.78 is 1.97. The van der Waals surface area contributed by atoms with Gasteiger partial charge < -0.3 is 15.5 Å². The molecule has 0 aliphatic rings. The molecule has 0 aromatic carbocycles. The lowest BCUT2D eigenvalue weighted by atomic mass is 10.3. The second-order valence-corrected chi connectivity index (χ2v) is 3.52. The number of pyridine rings is 1.